The van der Waals surface area contributed by atoms with Gasteiger partial charge in [-0.2, -0.15) is 0 Å². The second-order valence-electron chi connectivity index (χ2n) is 0.275. The number of hydrogen-bond acceptors (Lipinski definition) is 1. The Morgan fingerprint density at radius 3 is 2.25 bits per heavy atom. The number of aliphatic hydroxyl groups is 1. The smallest absolute Gasteiger partial charge is 0.513 e. The maximum absolute atomic E-state index is 10.3. The third-order valence-corrected chi connectivity index (χ3v) is 0.0563. The molecule has 0 unspecified atom stereocenters. The summed E-state index contributed by atoms with van der Waals surface area (Å²) in [5.74, 6) is 0. The lowest BCUT2D eigenvalue weighted by atomic mass is 11.1. The maximum Gasteiger partial charge on any atom is 1.00 e. The molecule has 0 atom stereocenters. The average molecular weight is 63.1 g/mol. The van der Waals surface area contributed by atoms with Crippen molar-refractivity contribution in [1.82, 2.24) is 0 Å². The predicted molar refractivity (Wildman–Crippen MR) is 14.0 cm³/mol. The molecule has 0 saturated carbocycles. The second-order valence-corrected chi connectivity index (χ2v) is 0.275. The van der Waals surface area contributed by atoms with Crippen molar-refractivity contribution in [1.29, 1.82) is 0 Å². The third-order valence-electron chi connectivity index (χ3n) is 0.0563. The van der Waals surface area contributed by atoms with E-state index in [4.69, 9.17) is 5.11 Å². The van der Waals surface area contributed by atoms with Crippen molar-refractivity contribution in [2.45, 2.75) is 0 Å². The molecule has 0 amide bonds. The van der Waals surface area contributed by atoms with Crippen LogP contribution in [0, 0.1) is 0 Å². The molecule has 2 heteroatoms. The fourth-order valence-electron chi connectivity index (χ4n) is 0. The van der Waals surface area contributed by atoms with Crippen LogP contribution < -0.4 is 0 Å². The van der Waals surface area contributed by atoms with Crippen LogP contribution in [0.2, 0.25) is 0 Å². The van der Waals surface area contributed by atoms with Crippen molar-refractivity contribution in [3.63, 3.8) is 0 Å². The summed E-state index contributed by atoms with van der Waals surface area (Å²) in [5.41, 5.74) is 0. The molecule has 0 aromatic rings. The normalized spacial score (nSPS) is 9.25. The predicted octanol–water partition coefficient (Wildman–Crippen LogP) is 1.10. The van der Waals surface area contributed by atoms with Crippen LogP contribution in [0.25, 0.3) is 0 Å². The first-order chi connectivity index (χ1) is 1.91. The van der Waals surface area contributed by atoms with E-state index in [0.717, 1.165) is 0 Å². The number of hydrogen-bond donors (Lipinski definition) is 1. The minimum absolute atomic E-state index is 0. The zero-order chi connectivity index (χ0) is 3.41. The van der Waals surface area contributed by atoms with Gasteiger partial charge in [0.25, 0.3) is 0 Å². The van der Waals surface area contributed by atoms with Crippen LogP contribution in [0.3, 0.4) is 0 Å². The van der Waals surface area contributed by atoms with E-state index in [1.54, 1.807) is 0 Å². The summed E-state index contributed by atoms with van der Waals surface area (Å²) < 4.78 is 10.3. The number of aliphatic hydroxyl groups excluding tert-OH is 1. The standard InChI is InChI=1S/C2H3FO/c3-1-2-4/h1-2,4H/p+1. The Morgan fingerprint density at radius 1 is 2.00 bits per heavy atom. The van der Waals surface area contributed by atoms with E-state index < -0.39 is 0 Å². The van der Waals surface area contributed by atoms with E-state index in [2.05, 4.69) is 0 Å². The highest BCUT2D eigenvalue weighted by atomic mass is 19.1. The summed E-state index contributed by atoms with van der Waals surface area (Å²) in [4.78, 5) is 0. The van der Waals surface area contributed by atoms with Crippen molar-refractivity contribution in [3.8, 4) is 0 Å². The minimum atomic E-state index is 0. The van der Waals surface area contributed by atoms with E-state index in [1.807, 2.05) is 0 Å². The molecule has 0 rings (SSSR count). The lowest BCUT2D eigenvalue weighted by molar-refractivity contribution is 0.457. The van der Waals surface area contributed by atoms with Gasteiger partial charge >= 0.3 is 1.43 Å². The first-order valence-electron chi connectivity index (χ1n) is 0.810. The van der Waals surface area contributed by atoms with Gasteiger partial charge in [-0.1, -0.05) is 0 Å². The molecule has 0 bridgehead atoms. The van der Waals surface area contributed by atoms with Crippen molar-refractivity contribution in [2.75, 3.05) is 0 Å². The second kappa shape index (κ2) is 2.47. The Bertz CT molecular complexity index is 24.8. The summed E-state index contributed by atoms with van der Waals surface area (Å²) in [6.45, 7) is 0. The fraction of sp³-hybridized carbons (Fsp3) is 0. The summed E-state index contributed by atoms with van der Waals surface area (Å²) >= 11 is 0. The highest BCUT2D eigenvalue weighted by molar-refractivity contribution is 4.50. The van der Waals surface area contributed by atoms with E-state index >= 15 is 0 Å². The molecule has 0 saturated heterocycles. The van der Waals surface area contributed by atoms with Crippen LogP contribution >= 0.6 is 0 Å². The number of rotatable bonds is 0. The summed E-state index contributed by atoms with van der Waals surface area (Å²) in [7, 11) is 0. The van der Waals surface area contributed by atoms with Gasteiger partial charge in [-0.15, -0.1) is 0 Å². The van der Waals surface area contributed by atoms with Crippen molar-refractivity contribution >= 4 is 0 Å². The van der Waals surface area contributed by atoms with Gasteiger partial charge in [0.05, 0.1) is 0 Å². The lowest BCUT2D eigenvalue weighted by Crippen LogP contribution is -1.34. The van der Waals surface area contributed by atoms with Crippen LogP contribution in [-0.2, 0) is 0 Å². The van der Waals surface area contributed by atoms with Crippen LogP contribution in [0.15, 0.2) is 12.6 Å². The Labute approximate surface area is 24.9 Å². The first kappa shape index (κ1) is 3.47. The van der Waals surface area contributed by atoms with E-state index in [-0.39, 0.29) is 7.76 Å². The molecule has 24 valence electrons. The Morgan fingerprint density at radius 2 is 2.25 bits per heavy atom. The van der Waals surface area contributed by atoms with Gasteiger partial charge in [0.2, 0.25) is 0 Å². The van der Waals surface area contributed by atoms with Crippen molar-refractivity contribution in [3.05, 3.63) is 12.6 Å². The largest absolute Gasteiger partial charge is 1.00 e. The van der Waals surface area contributed by atoms with Crippen molar-refractivity contribution < 1.29 is 10.9 Å². The molecule has 0 fully saturated rings. The van der Waals surface area contributed by atoms with Gasteiger partial charge in [-0.05, 0) is 0 Å². The number of halogens is 1. The van der Waals surface area contributed by atoms with Gasteiger partial charge in [0, 0.05) is 0 Å². The molecule has 1 nitrogen and oxygen atoms in total. The Kier molecular flexibility index (Phi) is 2.14. The highest BCUT2D eigenvalue weighted by Crippen LogP contribution is 1.58. The quantitative estimate of drug-likeness (QED) is 0.417. The highest BCUT2D eigenvalue weighted by Gasteiger charge is 1.40. The molecule has 0 spiro atoms. The molecule has 0 aromatic carbocycles. The SMILES string of the molecule is OC=CF.[H+]. The monoisotopic (exact) mass is 63.0 g/mol. The summed E-state index contributed by atoms with van der Waals surface area (Å²) in [6, 6.07) is 0. The van der Waals surface area contributed by atoms with E-state index in [9.17, 15) is 4.39 Å². The molecule has 0 radical (unpaired) electrons. The molecule has 0 aliphatic heterocycles. The first-order valence-corrected chi connectivity index (χ1v) is 0.810. The average Bonchev–Trinajstić information content (AvgIpc) is 1.37. The van der Waals surface area contributed by atoms with E-state index in [1.165, 1.54) is 0 Å². The third kappa shape index (κ3) is 1.47. The zero-order valence-electron chi connectivity index (χ0n) is 2.98. The molecule has 0 aliphatic rings. The molecule has 0 aliphatic carbocycles. The van der Waals surface area contributed by atoms with Gasteiger partial charge in [0.15, 0.2) is 0 Å². The summed E-state index contributed by atoms with van der Waals surface area (Å²) in [5, 5.41) is 7.32. The Hall–Kier alpha value is -0.530. The van der Waals surface area contributed by atoms with Crippen LogP contribution in [-0.4, -0.2) is 5.11 Å². The van der Waals surface area contributed by atoms with Crippen LogP contribution in [0.1, 0.15) is 1.43 Å². The van der Waals surface area contributed by atoms with Gasteiger partial charge < -0.3 is 5.11 Å². The zero-order valence-corrected chi connectivity index (χ0v) is 1.98. The molecular weight excluding hydrogens is 59.0 g/mol. The van der Waals surface area contributed by atoms with Gasteiger partial charge in [0.1, 0.15) is 12.6 Å². The molecule has 1 N–H and O–H groups in total. The maximum atomic E-state index is 10.3. The topological polar surface area (TPSA) is 20.2 Å². The molecule has 4 heavy (non-hydrogen) atoms. The molecular formula is C2H4FO+. The van der Waals surface area contributed by atoms with Gasteiger partial charge in [-0.3, -0.25) is 0 Å². The Balaban J connectivity index is 0. The minimum Gasteiger partial charge on any atom is -0.513 e. The van der Waals surface area contributed by atoms with E-state index in [0.29, 0.717) is 6.26 Å². The van der Waals surface area contributed by atoms with Crippen LogP contribution in [0.5, 0.6) is 0 Å². The molecule has 0 aromatic heterocycles. The van der Waals surface area contributed by atoms with Crippen molar-refractivity contribution in [2.24, 2.45) is 0 Å². The fourth-order valence-corrected chi connectivity index (χ4v) is 0. The van der Waals surface area contributed by atoms with Gasteiger partial charge in [-0.25, -0.2) is 4.39 Å². The molecule has 0 heterocycles. The summed E-state index contributed by atoms with van der Waals surface area (Å²) in [6.07, 6.45) is 0.389. The van der Waals surface area contributed by atoms with Crippen LogP contribution in [0.4, 0.5) is 4.39 Å². The lowest BCUT2D eigenvalue weighted by Gasteiger charge is -1.50.